The third-order valence-electron chi connectivity index (χ3n) is 3.12. The van der Waals surface area contributed by atoms with E-state index in [0.29, 0.717) is 10.6 Å². The fourth-order valence-corrected chi connectivity index (χ4v) is 2.00. The zero-order chi connectivity index (χ0) is 15.2. The molecule has 4 heteroatoms. The van der Waals surface area contributed by atoms with E-state index in [1.807, 2.05) is 50.2 Å². The summed E-state index contributed by atoms with van der Waals surface area (Å²) >= 11 is 5.87. The van der Waals surface area contributed by atoms with E-state index in [2.05, 4.69) is 10.5 Å². The van der Waals surface area contributed by atoms with Crippen molar-refractivity contribution in [2.24, 2.45) is 5.10 Å². The summed E-state index contributed by atoms with van der Waals surface area (Å²) < 4.78 is 0. The molecule has 0 aliphatic rings. The molecule has 0 bridgehead atoms. The average molecular weight is 301 g/mol. The van der Waals surface area contributed by atoms with Crippen LogP contribution in [0.2, 0.25) is 5.02 Å². The Hall–Kier alpha value is -2.13. The van der Waals surface area contributed by atoms with E-state index in [1.165, 1.54) is 0 Å². The smallest absolute Gasteiger partial charge is 0.267 e. The minimum absolute atomic E-state index is 0.213. The van der Waals surface area contributed by atoms with Crippen molar-refractivity contribution in [3.8, 4) is 0 Å². The summed E-state index contributed by atoms with van der Waals surface area (Å²) in [5.41, 5.74) is 6.07. The Morgan fingerprint density at radius 2 is 1.62 bits per heavy atom. The summed E-state index contributed by atoms with van der Waals surface area (Å²) in [6.45, 7) is 3.97. The maximum Gasteiger partial charge on any atom is 0.271 e. The number of hydrazone groups is 1. The molecule has 2 rings (SSSR count). The van der Waals surface area contributed by atoms with Gasteiger partial charge in [0.05, 0.1) is 5.71 Å². The lowest BCUT2D eigenvalue weighted by atomic mass is 10.1. The standard InChI is InChI=1S/C17H17ClN2O/c1-3-16(13-8-10-15(18)11-9-13)19-20-17(21)14-6-4-12(2)5-7-14/h4-11H,3H2,1-2H3,(H,20,21)/b19-16+. The van der Waals surface area contributed by atoms with Crippen molar-refractivity contribution in [3.63, 3.8) is 0 Å². The number of nitrogens with zero attached hydrogens (tertiary/aromatic N) is 1. The molecule has 0 saturated heterocycles. The van der Waals surface area contributed by atoms with Crippen molar-refractivity contribution in [2.45, 2.75) is 20.3 Å². The first-order valence-corrected chi connectivity index (χ1v) is 7.17. The van der Waals surface area contributed by atoms with Crippen molar-refractivity contribution in [3.05, 3.63) is 70.2 Å². The maximum absolute atomic E-state index is 12.0. The highest BCUT2D eigenvalue weighted by Gasteiger charge is 2.06. The van der Waals surface area contributed by atoms with E-state index in [9.17, 15) is 4.79 Å². The van der Waals surface area contributed by atoms with E-state index in [-0.39, 0.29) is 5.91 Å². The van der Waals surface area contributed by atoms with Gasteiger partial charge in [-0.2, -0.15) is 5.10 Å². The van der Waals surface area contributed by atoms with Gasteiger partial charge in [-0.15, -0.1) is 0 Å². The fourth-order valence-electron chi connectivity index (χ4n) is 1.88. The molecule has 2 aromatic carbocycles. The predicted molar refractivity (Wildman–Crippen MR) is 86.9 cm³/mol. The second-order valence-electron chi connectivity index (χ2n) is 4.73. The van der Waals surface area contributed by atoms with Crippen LogP contribution in [-0.2, 0) is 0 Å². The number of carbonyl (C=O) groups is 1. The summed E-state index contributed by atoms with van der Waals surface area (Å²) in [6.07, 6.45) is 0.718. The van der Waals surface area contributed by atoms with Crippen LogP contribution < -0.4 is 5.43 Å². The molecular weight excluding hydrogens is 284 g/mol. The van der Waals surface area contributed by atoms with Gasteiger partial charge in [0.2, 0.25) is 0 Å². The molecule has 1 amide bonds. The van der Waals surface area contributed by atoms with Gasteiger partial charge in [-0.3, -0.25) is 4.79 Å². The minimum Gasteiger partial charge on any atom is -0.267 e. The highest BCUT2D eigenvalue weighted by molar-refractivity contribution is 6.30. The number of aryl methyl sites for hydroxylation is 1. The van der Waals surface area contributed by atoms with Crippen molar-refractivity contribution in [1.82, 2.24) is 5.43 Å². The lowest BCUT2D eigenvalue weighted by Gasteiger charge is -2.06. The lowest BCUT2D eigenvalue weighted by molar-refractivity contribution is 0.0955. The Morgan fingerprint density at radius 3 is 2.19 bits per heavy atom. The van der Waals surface area contributed by atoms with Gasteiger partial charge in [0, 0.05) is 10.6 Å². The van der Waals surface area contributed by atoms with Crippen molar-refractivity contribution >= 4 is 23.2 Å². The molecule has 0 heterocycles. The molecule has 1 N–H and O–H groups in total. The molecule has 0 radical (unpaired) electrons. The number of nitrogens with one attached hydrogen (secondary N) is 1. The largest absolute Gasteiger partial charge is 0.271 e. The molecule has 0 unspecified atom stereocenters. The van der Waals surface area contributed by atoms with Crippen molar-refractivity contribution in [1.29, 1.82) is 0 Å². The zero-order valence-corrected chi connectivity index (χ0v) is 12.8. The molecule has 0 fully saturated rings. The van der Waals surface area contributed by atoms with E-state index in [4.69, 9.17) is 11.6 Å². The normalized spacial score (nSPS) is 11.3. The van der Waals surface area contributed by atoms with Gasteiger partial charge in [-0.1, -0.05) is 48.4 Å². The monoisotopic (exact) mass is 300 g/mol. The topological polar surface area (TPSA) is 41.5 Å². The average Bonchev–Trinajstić information content (AvgIpc) is 2.50. The second-order valence-corrected chi connectivity index (χ2v) is 5.16. The molecule has 2 aromatic rings. The molecular formula is C17H17ClN2O. The molecule has 0 aliphatic carbocycles. The number of halogens is 1. The first-order valence-electron chi connectivity index (χ1n) is 6.79. The van der Waals surface area contributed by atoms with Crippen LogP contribution in [0.3, 0.4) is 0 Å². The summed E-state index contributed by atoms with van der Waals surface area (Å²) in [4.78, 5) is 12.0. The fraction of sp³-hybridized carbons (Fsp3) is 0.176. The van der Waals surface area contributed by atoms with E-state index in [1.54, 1.807) is 12.1 Å². The first kappa shape index (κ1) is 15.3. The molecule has 3 nitrogen and oxygen atoms in total. The highest BCUT2D eigenvalue weighted by atomic mass is 35.5. The summed E-state index contributed by atoms with van der Waals surface area (Å²) in [6, 6.07) is 14.8. The summed E-state index contributed by atoms with van der Waals surface area (Å²) in [5, 5.41) is 4.89. The van der Waals surface area contributed by atoms with Crippen LogP contribution in [0.1, 0.15) is 34.8 Å². The summed E-state index contributed by atoms with van der Waals surface area (Å²) in [5.74, 6) is -0.213. The number of hydrogen-bond acceptors (Lipinski definition) is 2. The number of rotatable bonds is 4. The Kier molecular flexibility index (Phi) is 5.12. The summed E-state index contributed by atoms with van der Waals surface area (Å²) in [7, 11) is 0. The van der Waals surface area contributed by atoms with Crippen LogP contribution in [0.25, 0.3) is 0 Å². The molecule has 0 aliphatic heterocycles. The van der Waals surface area contributed by atoms with Crippen molar-refractivity contribution in [2.75, 3.05) is 0 Å². The van der Waals surface area contributed by atoms with Crippen LogP contribution in [0.4, 0.5) is 0 Å². The maximum atomic E-state index is 12.0. The molecule has 108 valence electrons. The number of carbonyl (C=O) groups excluding carboxylic acids is 1. The van der Waals surface area contributed by atoms with Gasteiger partial charge in [0.15, 0.2) is 0 Å². The van der Waals surface area contributed by atoms with Gasteiger partial charge in [-0.05, 0) is 43.2 Å². The van der Waals surface area contributed by atoms with Gasteiger partial charge < -0.3 is 0 Å². The second kappa shape index (κ2) is 7.04. The molecule has 0 aromatic heterocycles. The van der Waals surface area contributed by atoms with E-state index < -0.39 is 0 Å². The third-order valence-corrected chi connectivity index (χ3v) is 3.37. The quantitative estimate of drug-likeness (QED) is 0.667. The Bertz CT molecular complexity index is 645. The predicted octanol–water partition coefficient (Wildman–Crippen LogP) is 4.19. The van der Waals surface area contributed by atoms with Gasteiger partial charge in [-0.25, -0.2) is 5.43 Å². The van der Waals surface area contributed by atoms with Crippen LogP contribution in [0, 0.1) is 6.92 Å². The number of amides is 1. The van der Waals surface area contributed by atoms with Crippen LogP contribution >= 0.6 is 11.6 Å². The Labute approximate surface area is 129 Å². The van der Waals surface area contributed by atoms with E-state index in [0.717, 1.165) is 23.3 Å². The highest BCUT2D eigenvalue weighted by Crippen LogP contribution is 2.11. The van der Waals surface area contributed by atoms with Gasteiger partial charge in [0.1, 0.15) is 0 Å². The third kappa shape index (κ3) is 4.17. The lowest BCUT2D eigenvalue weighted by Crippen LogP contribution is -2.19. The zero-order valence-electron chi connectivity index (χ0n) is 12.1. The van der Waals surface area contributed by atoms with Crippen LogP contribution in [0.15, 0.2) is 53.6 Å². The Morgan fingerprint density at radius 1 is 1.05 bits per heavy atom. The van der Waals surface area contributed by atoms with Gasteiger partial charge >= 0.3 is 0 Å². The van der Waals surface area contributed by atoms with Crippen LogP contribution in [-0.4, -0.2) is 11.6 Å². The first-order chi connectivity index (χ1) is 10.1. The molecule has 0 spiro atoms. The molecule has 0 saturated carbocycles. The molecule has 0 atom stereocenters. The van der Waals surface area contributed by atoms with Crippen LogP contribution in [0.5, 0.6) is 0 Å². The minimum atomic E-state index is -0.213. The van der Waals surface area contributed by atoms with E-state index >= 15 is 0 Å². The number of benzene rings is 2. The number of hydrogen-bond donors (Lipinski definition) is 1. The van der Waals surface area contributed by atoms with Gasteiger partial charge in [0.25, 0.3) is 5.91 Å². The SMILES string of the molecule is CC/C(=N\NC(=O)c1ccc(C)cc1)c1ccc(Cl)cc1. The molecule has 21 heavy (non-hydrogen) atoms. The van der Waals surface area contributed by atoms with Crippen molar-refractivity contribution < 1.29 is 4.79 Å². The Balaban J connectivity index is 2.12.